The predicted molar refractivity (Wildman–Crippen MR) is 106 cm³/mol. The molecule has 0 spiro atoms. The number of carbonyl (C=O) groups excluding carboxylic acids is 1. The number of hydrogen-bond donors (Lipinski definition) is 0. The van der Waals surface area contributed by atoms with Gasteiger partial charge in [0.25, 0.3) is 0 Å². The number of alkyl halides is 3. The average molecular weight is 420 g/mol. The van der Waals surface area contributed by atoms with Crippen LogP contribution in [0, 0.1) is 0 Å². The number of amides is 1. The normalized spacial score (nSPS) is 15.1. The van der Waals surface area contributed by atoms with Crippen molar-refractivity contribution in [1.82, 2.24) is 14.9 Å². The standard InChI is InChI=1S/C20H19F3N4OS/c21-20(22,23)14-5-6-17(24-13-14)26-9-11-27(12-10-26)19(28)8-7-18-25-15-3-1-2-4-16(15)29-18/h1-6,13H,7-12H2. The molecule has 152 valence electrons. The number of halogens is 3. The lowest BCUT2D eigenvalue weighted by Gasteiger charge is -2.35. The lowest BCUT2D eigenvalue weighted by Crippen LogP contribution is -2.49. The first kappa shape index (κ1) is 19.6. The van der Waals surface area contributed by atoms with E-state index in [1.54, 1.807) is 16.2 Å². The number of anilines is 1. The van der Waals surface area contributed by atoms with E-state index >= 15 is 0 Å². The minimum Gasteiger partial charge on any atom is -0.353 e. The van der Waals surface area contributed by atoms with Crippen molar-refractivity contribution in [3.05, 3.63) is 53.2 Å². The Balaban J connectivity index is 1.29. The molecule has 1 aliphatic rings. The fourth-order valence-electron chi connectivity index (χ4n) is 3.32. The van der Waals surface area contributed by atoms with Gasteiger partial charge in [0.1, 0.15) is 5.82 Å². The van der Waals surface area contributed by atoms with Crippen LogP contribution in [0.4, 0.5) is 19.0 Å². The summed E-state index contributed by atoms with van der Waals surface area (Å²) in [6.45, 7) is 2.15. The zero-order valence-electron chi connectivity index (χ0n) is 15.5. The molecule has 4 rings (SSSR count). The van der Waals surface area contributed by atoms with Crippen LogP contribution >= 0.6 is 11.3 Å². The number of nitrogens with zero attached hydrogens (tertiary/aromatic N) is 4. The van der Waals surface area contributed by atoms with Crippen molar-refractivity contribution >= 4 is 33.3 Å². The molecule has 3 heterocycles. The maximum atomic E-state index is 12.7. The Morgan fingerprint density at radius 2 is 1.83 bits per heavy atom. The van der Waals surface area contributed by atoms with E-state index in [1.165, 1.54) is 6.07 Å². The number of carbonyl (C=O) groups is 1. The lowest BCUT2D eigenvalue weighted by molar-refractivity contribution is -0.137. The second-order valence-corrected chi connectivity index (χ2v) is 7.96. The fraction of sp³-hybridized carbons (Fsp3) is 0.350. The first-order valence-electron chi connectivity index (χ1n) is 9.30. The number of piperazine rings is 1. The van der Waals surface area contributed by atoms with Crippen LogP contribution in [0.25, 0.3) is 10.2 Å². The summed E-state index contributed by atoms with van der Waals surface area (Å²) in [5, 5.41) is 0.951. The monoisotopic (exact) mass is 420 g/mol. The van der Waals surface area contributed by atoms with Crippen molar-refractivity contribution < 1.29 is 18.0 Å². The molecule has 0 atom stereocenters. The molecule has 1 saturated heterocycles. The SMILES string of the molecule is O=C(CCc1nc2ccccc2s1)N1CCN(c2ccc(C(F)(F)F)cn2)CC1. The molecule has 2 aromatic heterocycles. The molecule has 0 N–H and O–H groups in total. The smallest absolute Gasteiger partial charge is 0.353 e. The number of fused-ring (bicyclic) bond motifs is 1. The number of hydrogen-bond acceptors (Lipinski definition) is 5. The average Bonchev–Trinajstić information content (AvgIpc) is 3.15. The van der Waals surface area contributed by atoms with Crippen LogP contribution in [-0.4, -0.2) is 47.0 Å². The van der Waals surface area contributed by atoms with Gasteiger partial charge in [-0.15, -0.1) is 11.3 Å². The Bertz CT molecular complexity index is 962. The largest absolute Gasteiger partial charge is 0.417 e. The molecule has 1 fully saturated rings. The van der Waals surface area contributed by atoms with Crippen molar-refractivity contribution in [2.75, 3.05) is 31.1 Å². The van der Waals surface area contributed by atoms with E-state index in [4.69, 9.17) is 0 Å². The van der Waals surface area contributed by atoms with Gasteiger partial charge in [0.2, 0.25) is 5.91 Å². The second-order valence-electron chi connectivity index (χ2n) is 6.85. The quantitative estimate of drug-likeness (QED) is 0.641. The second kappa shape index (κ2) is 7.98. The Labute approximate surface area is 169 Å². The molecule has 0 bridgehead atoms. The van der Waals surface area contributed by atoms with Crippen molar-refractivity contribution in [2.45, 2.75) is 19.0 Å². The fourth-order valence-corrected chi connectivity index (χ4v) is 4.29. The first-order valence-corrected chi connectivity index (χ1v) is 10.1. The van der Waals surface area contributed by atoms with Crippen molar-refractivity contribution in [2.24, 2.45) is 0 Å². The van der Waals surface area contributed by atoms with E-state index in [-0.39, 0.29) is 5.91 Å². The molecule has 0 radical (unpaired) electrons. The van der Waals surface area contributed by atoms with Crippen molar-refractivity contribution in [1.29, 1.82) is 0 Å². The molecular weight excluding hydrogens is 401 g/mol. The lowest BCUT2D eigenvalue weighted by atomic mass is 10.2. The Morgan fingerprint density at radius 1 is 1.07 bits per heavy atom. The van der Waals surface area contributed by atoms with Crippen LogP contribution in [0.3, 0.4) is 0 Å². The van der Waals surface area contributed by atoms with Gasteiger partial charge in [0.05, 0.1) is 20.8 Å². The van der Waals surface area contributed by atoms with Crippen LogP contribution in [0.1, 0.15) is 17.0 Å². The number of aromatic nitrogens is 2. The van der Waals surface area contributed by atoms with Gasteiger partial charge < -0.3 is 9.80 Å². The third-order valence-electron chi connectivity index (χ3n) is 4.92. The van der Waals surface area contributed by atoms with Gasteiger partial charge >= 0.3 is 6.18 Å². The number of thiazole rings is 1. The summed E-state index contributed by atoms with van der Waals surface area (Å²) in [4.78, 5) is 24.7. The Morgan fingerprint density at radius 3 is 2.48 bits per heavy atom. The van der Waals surface area contributed by atoms with Gasteiger partial charge in [-0.05, 0) is 24.3 Å². The summed E-state index contributed by atoms with van der Waals surface area (Å²) >= 11 is 1.61. The summed E-state index contributed by atoms with van der Waals surface area (Å²) in [5.74, 6) is 0.573. The molecule has 5 nitrogen and oxygen atoms in total. The Hall–Kier alpha value is -2.68. The topological polar surface area (TPSA) is 49.3 Å². The molecule has 0 saturated carbocycles. The van der Waals surface area contributed by atoms with E-state index in [1.807, 2.05) is 29.2 Å². The maximum Gasteiger partial charge on any atom is 0.417 e. The van der Waals surface area contributed by atoms with Gasteiger partial charge in [-0.2, -0.15) is 13.2 Å². The molecule has 3 aromatic rings. The van der Waals surface area contributed by atoms with Gasteiger partial charge in [-0.1, -0.05) is 12.1 Å². The highest BCUT2D eigenvalue weighted by atomic mass is 32.1. The number of pyridine rings is 1. The Kier molecular flexibility index (Phi) is 5.40. The highest BCUT2D eigenvalue weighted by molar-refractivity contribution is 7.18. The summed E-state index contributed by atoms with van der Waals surface area (Å²) in [6, 6.07) is 10.3. The van der Waals surface area contributed by atoms with E-state index < -0.39 is 11.7 Å². The maximum absolute atomic E-state index is 12.7. The molecule has 1 amide bonds. The summed E-state index contributed by atoms with van der Waals surface area (Å²) in [5.41, 5.74) is 0.197. The summed E-state index contributed by atoms with van der Waals surface area (Å²) < 4.78 is 39.1. The van der Waals surface area contributed by atoms with Crippen LogP contribution in [0.2, 0.25) is 0 Å². The molecule has 0 unspecified atom stereocenters. The van der Waals surface area contributed by atoms with Crippen LogP contribution in [0.15, 0.2) is 42.6 Å². The third kappa shape index (κ3) is 4.50. The number of aryl methyl sites for hydroxylation is 1. The summed E-state index contributed by atoms with van der Waals surface area (Å²) in [7, 11) is 0. The van der Waals surface area contributed by atoms with Gasteiger partial charge in [0, 0.05) is 45.2 Å². The third-order valence-corrected chi connectivity index (χ3v) is 6.02. The van der Waals surface area contributed by atoms with Crippen LogP contribution in [-0.2, 0) is 17.4 Å². The highest BCUT2D eigenvalue weighted by Crippen LogP contribution is 2.29. The van der Waals surface area contributed by atoms with Crippen molar-refractivity contribution in [3.63, 3.8) is 0 Å². The molecule has 1 aliphatic heterocycles. The van der Waals surface area contributed by atoms with Gasteiger partial charge in [-0.25, -0.2) is 9.97 Å². The molecular formula is C20H19F3N4OS. The predicted octanol–water partition coefficient (Wildman–Crippen LogP) is 3.99. The number of para-hydroxylation sites is 1. The van der Waals surface area contributed by atoms with Crippen LogP contribution < -0.4 is 4.90 Å². The van der Waals surface area contributed by atoms with E-state index in [2.05, 4.69) is 9.97 Å². The molecule has 29 heavy (non-hydrogen) atoms. The molecule has 9 heteroatoms. The van der Waals surface area contributed by atoms with Crippen molar-refractivity contribution in [3.8, 4) is 0 Å². The van der Waals surface area contributed by atoms with Gasteiger partial charge in [-0.3, -0.25) is 4.79 Å². The summed E-state index contributed by atoms with van der Waals surface area (Å²) in [6.07, 6.45) is -2.53. The van der Waals surface area contributed by atoms with E-state index in [0.29, 0.717) is 44.8 Å². The van der Waals surface area contributed by atoms with E-state index in [0.717, 1.165) is 27.5 Å². The molecule has 0 aliphatic carbocycles. The zero-order chi connectivity index (χ0) is 20.4. The van der Waals surface area contributed by atoms with Gasteiger partial charge in [0.15, 0.2) is 0 Å². The number of benzene rings is 1. The zero-order valence-corrected chi connectivity index (χ0v) is 16.3. The minimum atomic E-state index is -4.39. The molecule has 1 aromatic carbocycles. The minimum absolute atomic E-state index is 0.0734. The highest BCUT2D eigenvalue weighted by Gasteiger charge is 2.31. The van der Waals surface area contributed by atoms with Crippen LogP contribution in [0.5, 0.6) is 0 Å². The van der Waals surface area contributed by atoms with E-state index in [9.17, 15) is 18.0 Å². The number of rotatable bonds is 4. The first-order chi connectivity index (χ1) is 13.9.